The normalized spacial score (nSPS) is 10.3. The van der Waals surface area contributed by atoms with Crippen LogP contribution in [-0.4, -0.2) is 21.0 Å². The van der Waals surface area contributed by atoms with Gasteiger partial charge in [0.15, 0.2) is 10.3 Å². The van der Waals surface area contributed by atoms with E-state index in [-0.39, 0.29) is 16.0 Å². The Labute approximate surface area is 106 Å². The Bertz CT molecular complexity index is 550. The van der Waals surface area contributed by atoms with Gasteiger partial charge in [-0.1, -0.05) is 28.4 Å². The number of hydrogen-bond donors (Lipinski definition) is 1. The Morgan fingerprint density at radius 1 is 1.35 bits per heavy atom. The van der Waals surface area contributed by atoms with Crippen molar-refractivity contribution in [1.29, 1.82) is 0 Å². The van der Waals surface area contributed by atoms with Gasteiger partial charge in [0.25, 0.3) is 5.91 Å². The summed E-state index contributed by atoms with van der Waals surface area (Å²) in [6.45, 7) is 1.62. The van der Waals surface area contributed by atoms with Crippen molar-refractivity contribution in [3.63, 3.8) is 0 Å². The summed E-state index contributed by atoms with van der Waals surface area (Å²) in [7, 11) is 0. The van der Waals surface area contributed by atoms with E-state index in [1.54, 1.807) is 6.92 Å². The summed E-state index contributed by atoms with van der Waals surface area (Å²) >= 11 is 11.6. The molecule has 2 rings (SSSR count). The van der Waals surface area contributed by atoms with Crippen molar-refractivity contribution in [2.24, 2.45) is 0 Å². The van der Waals surface area contributed by atoms with Gasteiger partial charge in [0.1, 0.15) is 23.3 Å². The van der Waals surface area contributed by atoms with E-state index in [1.165, 1.54) is 12.5 Å². The molecule has 0 bridgehead atoms. The van der Waals surface area contributed by atoms with Crippen LogP contribution in [0.4, 0.5) is 5.69 Å². The van der Waals surface area contributed by atoms with Gasteiger partial charge in [-0.05, 0) is 6.92 Å². The number of aromatic nitrogens is 3. The molecule has 0 spiro atoms. The molecule has 0 aromatic carbocycles. The molecule has 0 aliphatic carbocycles. The number of hydrogen-bond acceptors (Lipinski definition) is 5. The molecule has 0 atom stereocenters. The van der Waals surface area contributed by atoms with Crippen LogP contribution < -0.4 is 5.32 Å². The first-order valence-corrected chi connectivity index (χ1v) is 5.24. The lowest BCUT2D eigenvalue weighted by molar-refractivity contribution is 0.102. The lowest BCUT2D eigenvalue weighted by Crippen LogP contribution is -2.13. The fraction of sp³-hybridized carbons (Fsp3) is 0.111. The van der Waals surface area contributed by atoms with Crippen molar-refractivity contribution < 1.29 is 9.32 Å². The van der Waals surface area contributed by atoms with Crippen molar-refractivity contribution in [3.05, 3.63) is 34.2 Å². The van der Waals surface area contributed by atoms with E-state index in [4.69, 9.17) is 27.7 Å². The number of carbonyl (C=O) groups is 1. The van der Waals surface area contributed by atoms with Crippen molar-refractivity contribution in [1.82, 2.24) is 15.1 Å². The van der Waals surface area contributed by atoms with Crippen molar-refractivity contribution in [2.75, 3.05) is 5.32 Å². The second-order valence-corrected chi connectivity index (χ2v) is 3.80. The number of anilines is 1. The van der Waals surface area contributed by atoms with Gasteiger partial charge < -0.3 is 9.84 Å². The Hall–Kier alpha value is -1.66. The minimum absolute atomic E-state index is 0.0625. The molecule has 0 aliphatic rings. The van der Waals surface area contributed by atoms with E-state index in [0.29, 0.717) is 11.3 Å². The molecule has 6 nitrogen and oxygen atoms in total. The highest BCUT2D eigenvalue weighted by molar-refractivity contribution is 6.38. The monoisotopic (exact) mass is 272 g/mol. The SMILES string of the molecule is Cc1oncc1C(=O)Nc1c(Cl)ncnc1Cl. The molecule has 8 heteroatoms. The first-order chi connectivity index (χ1) is 8.09. The fourth-order valence-electron chi connectivity index (χ4n) is 1.15. The molecule has 17 heavy (non-hydrogen) atoms. The van der Waals surface area contributed by atoms with Gasteiger partial charge in [-0.15, -0.1) is 0 Å². The summed E-state index contributed by atoms with van der Waals surface area (Å²) in [6, 6.07) is 0. The van der Waals surface area contributed by atoms with Crippen LogP contribution >= 0.6 is 23.2 Å². The number of carbonyl (C=O) groups excluding carboxylic acids is 1. The molecular weight excluding hydrogens is 267 g/mol. The summed E-state index contributed by atoms with van der Waals surface area (Å²) in [5, 5.41) is 6.12. The summed E-state index contributed by atoms with van der Waals surface area (Å²) in [4.78, 5) is 19.2. The maximum atomic E-state index is 11.8. The molecule has 0 fully saturated rings. The number of aryl methyl sites for hydroxylation is 1. The van der Waals surface area contributed by atoms with Gasteiger partial charge in [0.2, 0.25) is 0 Å². The molecule has 1 N–H and O–H groups in total. The van der Waals surface area contributed by atoms with Crippen LogP contribution in [0.5, 0.6) is 0 Å². The van der Waals surface area contributed by atoms with Crippen LogP contribution in [-0.2, 0) is 0 Å². The minimum atomic E-state index is -0.442. The minimum Gasteiger partial charge on any atom is -0.361 e. The standard InChI is InChI=1S/C9H6Cl2N4O2/c1-4-5(2-14-17-4)9(16)15-6-7(10)12-3-13-8(6)11/h2-3H,1H3,(H,15,16). The van der Waals surface area contributed by atoms with Gasteiger partial charge in [-0.2, -0.15) is 0 Å². The molecule has 2 aromatic heterocycles. The summed E-state index contributed by atoms with van der Waals surface area (Å²) < 4.78 is 4.78. The van der Waals surface area contributed by atoms with E-state index < -0.39 is 5.91 Å². The highest BCUT2D eigenvalue weighted by Gasteiger charge is 2.16. The van der Waals surface area contributed by atoms with Crippen LogP contribution in [0.2, 0.25) is 10.3 Å². The number of amides is 1. The second-order valence-electron chi connectivity index (χ2n) is 3.08. The lowest BCUT2D eigenvalue weighted by Gasteiger charge is -2.06. The van der Waals surface area contributed by atoms with Gasteiger partial charge in [0, 0.05) is 0 Å². The Balaban J connectivity index is 2.28. The van der Waals surface area contributed by atoms with E-state index >= 15 is 0 Å². The van der Waals surface area contributed by atoms with E-state index in [1.807, 2.05) is 0 Å². The molecule has 88 valence electrons. The molecule has 0 aliphatic heterocycles. The van der Waals surface area contributed by atoms with E-state index in [9.17, 15) is 4.79 Å². The topological polar surface area (TPSA) is 80.9 Å². The molecule has 2 aromatic rings. The summed E-state index contributed by atoms with van der Waals surface area (Å²) in [6.07, 6.45) is 2.50. The zero-order valence-corrected chi connectivity index (χ0v) is 10.1. The second kappa shape index (κ2) is 4.68. The van der Waals surface area contributed by atoms with E-state index in [0.717, 1.165) is 0 Å². The largest absolute Gasteiger partial charge is 0.361 e. The average molecular weight is 273 g/mol. The average Bonchev–Trinajstić information content (AvgIpc) is 2.70. The van der Waals surface area contributed by atoms with Gasteiger partial charge >= 0.3 is 0 Å². The van der Waals surface area contributed by atoms with Crippen molar-refractivity contribution in [3.8, 4) is 0 Å². The fourth-order valence-corrected chi connectivity index (χ4v) is 1.55. The highest BCUT2D eigenvalue weighted by Crippen LogP contribution is 2.26. The molecule has 0 unspecified atom stereocenters. The molecule has 1 amide bonds. The first kappa shape index (κ1) is 11.8. The quantitative estimate of drug-likeness (QED) is 0.849. The molecule has 0 saturated carbocycles. The third kappa shape index (κ3) is 2.37. The molecule has 2 heterocycles. The van der Waals surface area contributed by atoms with Crippen LogP contribution in [0.1, 0.15) is 16.1 Å². The zero-order chi connectivity index (χ0) is 12.4. The number of halogens is 2. The molecule has 0 saturated heterocycles. The number of nitrogens with zero attached hydrogens (tertiary/aromatic N) is 3. The van der Waals surface area contributed by atoms with Crippen LogP contribution in [0.3, 0.4) is 0 Å². The number of rotatable bonds is 2. The van der Waals surface area contributed by atoms with Gasteiger partial charge in [-0.25, -0.2) is 9.97 Å². The van der Waals surface area contributed by atoms with Crippen LogP contribution in [0.25, 0.3) is 0 Å². The third-order valence-electron chi connectivity index (χ3n) is 1.99. The molecular formula is C9H6Cl2N4O2. The maximum Gasteiger partial charge on any atom is 0.261 e. The summed E-state index contributed by atoms with van der Waals surface area (Å²) in [5.41, 5.74) is 0.447. The molecule has 0 radical (unpaired) electrons. The predicted octanol–water partition coefficient (Wildman–Crippen LogP) is 2.33. The maximum absolute atomic E-state index is 11.8. The lowest BCUT2D eigenvalue weighted by atomic mass is 10.2. The first-order valence-electron chi connectivity index (χ1n) is 4.48. The Morgan fingerprint density at radius 2 is 2.00 bits per heavy atom. The van der Waals surface area contributed by atoms with Gasteiger partial charge in [0.05, 0.1) is 6.20 Å². The Morgan fingerprint density at radius 3 is 2.53 bits per heavy atom. The summed E-state index contributed by atoms with van der Waals surface area (Å²) in [5.74, 6) is -0.0473. The predicted molar refractivity (Wildman–Crippen MR) is 61.2 cm³/mol. The Kier molecular flexibility index (Phi) is 3.26. The number of nitrogens with one attached hydrogen (secondary N) is 1. The smallest absolute Gasteiger partial charge is 0.261 e. The van der Waals surface area contributed by atoms with Gasteiger partial charge in [-0.3, -0.25) is 4.79 Å². The van der Waals surface area contributed by atoms with Crippen LogP contribution in [0, 0.1) is 6.92 Å². The highest BCUT2D eigenvalue weighted by atomic mass is 35.5. The van der Waals surface area contributed by atoms with Crippen LogP contribution in [0.15, 0.2) is 17.0 Å². The van der Waals surface area contributed by atoms with Crippen molar-refractivity contribution in [2.45, 2.75) is 6.92 Å². The third-order valence-corrected chi connectivity index (χ3v) is 2.56. The van der Waals surface area contributed by atoms with E-state index in [2.05, 4.69) is 20.4 Å². The van der Waals surface area contributed by atoms with Crippen molar-refractivity contribution >= 4 is 34.8 Å². The zero-order valence-electron chi connectivity index (χ0n) is 8.57.